The quantitative estimate of drug-likeness (QED) is 0.762. The van der Waals surface area contributed by atoms with E-state index in [4.69, 9.17) is 0 Å². The van der Waals surface area contributed by atoms with Crippen molar-refractivity contribution in [3.63, 3.8) is 0 Å². The molecule has 4 nitrogen and oxygen atoms in total. The summed E-state index contributed by atoms with van der Waals surface area (Å²) in [6.07, 6.45) is 3.44. The third-order valence-corrected chi connectivity index (χ3v) is 5.35. The summed E-state index contributed by atoms with van der Waals surface area (Å²) in [6, 6.07) is 0.0530. The number of sulfonamides is 1. The van der Waals surface area contributed by atoms with Crippen LogP contribution in [-0.2, 0) is 10.0 Å². The summed E-state index contributed by atoms with van der Waals surface area (Å²) in [4.78, 5) is 0. The second-order valence-corrected chi connectivity index (χ2v) is 7.48. The molecule has 1 saturated heterocycles. The summed E-state index contributed by atoms with van der Waals surface area (Å²) in [7, 11) is -3.12. The first-order valence-corrected chi connectivity index (χ1v) is 8.18. The minimum Gasteiger partial charge on any atom is -0.317 e. The van der Waals surface area contributed by atoms with Crippen LogP contribution in [0.4, 0.5) is 0 Å². The second-order valence-electron chi connectivity index (χ2n) is 5.48. The monoisotopic (exact) mass is 262 g/mol. The summed E-state index contributed by atoms with van der Waals surface area (Å²) in [6.45, 7) is 7.90. The Bertz CT molecular complexity index is 308. The van der Waals surface area contributed by atoms with Crippen LogP contribution in [0.5, 0.6) is 0 Å². The van der Waals surface area contributed by atoms with Crippen LogP contribution in [-0.4, -0.2) is 32.8 Å². The van der Waals surface area contributed by atoms with Crippen molar-refractivity contribution in [3.05, 3.63) is 0 Å². The zero-order valence-electron chi connectivity index (χ0n) is 11.2. The molecule has 2 N–H and O–H groups in total. The van der Waals surface area contributed by atoms with Gasteiger partial charge in [0, 0.05) is 6.04 Å². The van der Waals surface area contributed by atoms with Crippen molar-refractivity contribution < 1.29 is 8.42 Å². The fraction of sp³-hybridized carbons (Fsp3) is 1.00. The molecule has 0 bridgehead atoms. The number of rotatable bonds is 6. The molecule has 0 radical (unpaired) electrons. The van der Waals surface area contributed by atoms with Gasteiger partial charge in [-0.25, -0.2) is 13.1 Å². The first kappa shape index (κ1) is 14.9. The molecule has 0 aromatic carbocycles. The maximum absolute atomic E-state index is 12.1. The van der Waals surface area contributed by atoms with Crippen LogP contribution in [0.1, 0.15) is 46.5 Å². The number of nitrogens with one attached hydrogen (secondary N) is 2. The first-order valence-electron chi connectivity index (χ1n) is 6.63. The van der Waals surface area contributed by atoms with E-state index in [-0.39, 0.29) is 11.3 Å². The van der Waals surface area contributed by atoms with Gasteiger partial charge in [0.25, 0.3) is 0 Å². The summed E-state index contributed by atoms with van der Waals surface area (Å²) in [5.74, 6) is 0.626. The Morgan fingerprint density at radius 3 is 2.29 bits per heavy atom. The molecule has 1 heterocycles. The Morgan fingerprint density at radius 2 is 1.76 bits per heavy atom. The van der Waals surface area contributed by atoms with E-state index in [9.17, 15) is 8.42 Å². The zero-order chi connectivity index (χ0) is 12.9. The topological polar surface area (TPSA) is 58.2 Å². The molecule has 1 aliphatic rings. The average molecular weight is 262 g/mol. The van der Waals surface area contributed by atoms with Crippen LogP contribution in [0.3, 0.4) is 0 Å². The van der Waals surface area contributed by atoms with E-state index in [2.05, 4.69) is 23.9 Å². The lowest BCUT2D eigenvalue weighted by molar-refractivity contribution is 0.462. The van der Waals surface area contributed by atoms with Gasteiger partial charge in [0.15, 0.2) is 0 Å². The normalized spacial score (nSPS) is 20.7. The highest BCUT2D eigenvalue weighted by Crippen LogP contribution is 2.14. The van der Waals surface area contributed by atoms with Gasteiger partial charge in [-0.2, -0.15) is 0 Å². The third kappa shape index (κ3) is 5.36. The molecule has 1 aliphatic heterocycles. The maximum atomic E-state index is 12.1. The Labute approximate surface area is 106 Å². The highest BCUT2D eigenvalue weighted by atomic mass is 32.2. The maximum Gasteiger partial charge on any atom is 0.214 e. The molecule has 0 amide bonds. The van der Waals surface area contributed by atoms with E-state index in [0.717, 1.165) is 38.8 Å². The number of piperidine rings is 1. The van der Waals surface area contributed by atoms with Gasteiger partial charge in [-0.3, -0.25) is 0 Å². The smallest absolute Gasteiger partial charge is 0.214 e. The molecule has 1 atom stereocenters. The molecule has 0 aliphatic carbocycles. The molecule has 1 fully saturated rings. The Balaban J connectivity index is 2.42. The molecule has 0 saturated carbocycles. The Kier molecular flexibility index (Phi) is 5.89. The third-order valence-electron chi connectivity index (χ3n) is 3.27. The molecular weight excluding hydrogens is 236 g/mol. The lowest BCUT2D eigenvalue weighted by atomic mass is 10.1. The lowest BCUT2D eigenvalue weighted by Gasteiger charge is -2.25. The van der Waals surface area contributed by atoms with Crippen LogP contribution in [0, 0.1) is 5.92 Å². The van der Waals surface area contributed by atoms with Crippen molar-refractivity contribution in [1.82, 2.24) is 10.0 Å². The minimum absolute atomic E-state index is 0.0530. The van der Waals surface area contributed by atoms with Crippen molar-refractivity contribution in [2.45, 2.75) is 57.7 Å². The highest BCUT2D eigenvalue weighted by molar-refractivity contribution is 7.90. The molecule has 0 aromatic rings. The van der Waals surface area contributed by atoms with Crippen LogP contribution in [0.25, 0.3) is 0 Å². The predicted molar refractivity (Wildman–Crippen MR) is 71.5 cm³/mol. The van der Waals surface area contributed by atoms with Crippen molar-refractivity contribution in [2.75, 3.05) is 13.1 Å². The fourth-order valence-corrected chi connectivity index (χ4v) is 3.85. The summed E-state index contributed by atoms with van der Waals surface area (Å²) < 4.78 is 27.0. The van der Waals surface area contributed by atoms with Crippen molar-refractivity contribution in [1.29, 1.82) is 0 Å². The van der Waals surface area contributed by atoms with Crippen LogP contribution in [0.15, 0.2) is 0 Å². The van der Waals surface area contributed by atoms with E-state index in [0.29, 0.717) is 5.92 Å². The Morgan fingerprint density at radius 1 is 1.18 bits per heavy atom. The van der Waals surface area contributed by atoms with Crippen LogP contribution in [0.2, 0.25) is 0 Å². The number of hydrogen-bond acceptors (Lipinski definition) is 3. The second kappa shape index (κ2) is 6.71. The van der Waals surface area contributed by atoms with Crippen LogP contribution >= 0.6 is 0 Å². The van der Waals surface area contributed by atoms with E-state index >= 15 is 0 Å². The summed E-state index contributed by atoms with van der Waals surface area (Å²) in [5.41, 5.74) is 0. The van der Waals surface area contributed by atoms with Gasteiger partial charge in [-0.15, -0.1) is 0 Å². The molecule has 1 rings (SSSR count). The largest absolute Gasteiger partial charge is 0.317 e. The van der Waals surface area contributed by atoms with Crippen molar-refractivity contribution in [2.24, 2.45) is 5.92 Å². The van der Waals surface area contributed by atoms with Gasteiger partial charge in [0.05, 0.1) is 5.25 Å². The van der Waals surface area contributed by atoms with Gasteiger partial charge in [-0.1, -0.05) is 13.8 Å². The predicted octanol–water partition coefficient (Wildman–Crippen LogP) is 1.48. The van der Waals surface area contributed by atoms with Gasteiger partial charge in [0.2, 0.25) is 10.0 Å². The van der Waals surface area contributed by atoms with E-state index in [1.54, 1.807) is 0 Å². The summed E-state index contributed by atoms with van der Waals surface area (Å²) >= 11 is 0. The minimum atomic E-state index is -3.12. The van der Waals surface area contributed by atoms with Crippen molar-refractivity contribution >= 4 is 10.0 Å². The van der Waals surface area contributed by atoms with Gasteiger partial charge >= 0.3 is 0 Å². The molecule has 17 heavy (non-hydrogen) atoms. The molecule has 0 aromatic heterocycles. The highest BCUT2D eigenvalue weighted by Gasteiger charge is 2.28. The molecule has 102 valence electrons. The summed E-state index contributed by atoms with van der Waals surface area (Å²) in [5, 5.41) is 2.98. The molecule has 5 heteroatoms. The van der Waals surface area contributed by atoms with Crippen molar-refractivity contribution in [3.8, 4) is 0 Å². The van der Waals surface area contributed by atoms with Crippen LogP contribution < -0.4 is 10.0 Å². The first-order chi connectivity index (χ1) is 7.92. The fourth-order valence-electron chi connectivity index (χ4n) is 2.12. The van der Waals surface area contributed by atoms with E-state index in [1.807, 2.05) is 6.92 Å². The number of hydrogen-bond donors (Lipinski definition) is 2. The molecular formula is C12H26N2O2S. The van der Waals surface area contributed by atoms with E-state index in [1.165, 1.54) is 0 Å². The standard InChI is InChI=1S/C12H26N2O2S/c1-10(2)4-5-11(3)14-17(15,16)12-6-8-13-9-7-12/h10-14H,4-9H2,1-3H3. The molecule has 1 unspecified atom stereocenters. The van der Waals surface area contributed by atoms with Gasteiger partial charge in [0.1, 0.15) is 0 Å². The lowest BCUT2D eigenvalue weighted by Crippen LogP contribution is -2.44. The zero-order valence-corrected chi connectivity index (χ0v) is 12.0. The van der Waals surface area contributed by atoms with E-state index < -0.39 is 10.0 Å². The Hall–Kier alpha value is -0.130. The van der Waals surface area contributed by atoms with Gasteiger partial charge < -0.3 is 5.32 Å². The molecule has 0 spiro atoms. The average Bonchev–Trinajstić information content (AvgIpc) is 2.27. The van der Waals surface area contributed by atoms with Gasteiger partial charge in [-0.05, 0) is 51.6 Å². The SMILES string of the molecule is CC(C)CCC(C)NS(=O)(=O)C1CCNCC1.